The van der Waals surface area contributed by atoms with Gasteiger partial charge in [0.1, 0.15) is 11.6 Å². The first-order chi connectivity index (χ1) is 14.7. The third kappa shape index (κ3) is 6.26. The molecule has 9 heteroatoms. The number of halogens is 2. The molecule has 1 aromatic carbocycles. The van der Waals surface area contributed by atoms with Gasteiger partial charge in [-0.15, -0.1) is 11.3 Å². The predicted molar refractivity (Wildman–Crippen MR) is 125 cm³/mol. The molecule has 2 aromatic rings. The van der Waals surface area contributed by atoms with E-state index in [1.165, 1.54) is 23.5 Å². The second kappa shape index (κ2) is 9.95. The first kappa shape index (κ1) is 25.7. The number of benzene rings is 1. The number of thiophene rings is 1. The van der Waals surface area contributed by atoms with Gasteiger partial charge >= 0.3 is 12.6 Å². The van der Waals surface area contributed by atoms with Crippen LogP contribution in [0.3, 0.4) is 0 Å². The van der Waals surface area contributed by atoms with Crippen LogP contribution in [0.2, 0.25) is 0 Å². The summed E-state index contributed by atoms with van der Waals surface area (Å²) in [6.07, 6.45) is 0. The number of hydrogen-bond acceptors (Lipinski definition) is 5. The Hall–Kier alpha value is -2.52. The van der Waals surface area contributed by atoms with E-state index in [9.17, 15) is 18.7 Å². The molecular formula is C23H31F2N3O3S. The molecule has 176 valence electrons. The van der Waals surface area contributed by atoms with E-state index in [0.29, 0.717) is 26.6 Å². The minimum Gasteiger partial charge on any atom is -0.435 e. The van der Waals surface area contributed by atoms with E-state index in [2.05, 4.69) is 15.4 Å². The summed E-state index contributed by atoms with van der Waals surface area (Å²) in [4.78, 5) is 14.0. The minimum absolute atomic E-state index is 0.0412. The zero-order valence-corrected chi connectivity index (χ0v) is 20.2. The Morgan fingerprint density at radius 2 is 1.66 bits per heavy atom. The SMILES string of the molecule is Cc1cc(C(C)(C)O)sc1C(=N)NC(=O)Nc1c(C(C)C)cc(OC(F)F)cc1C(C)C. The number of carbonyl (C=O) groups is 1. The molecule has 32 heavy (non-hydrogen) atoms. The average Bonchev–Trinajstić information content (AvgIpc) is 3.04. The summed E-state index contributed by atoms with van der Waals surface area (Å²) in [7, 11) is 0. The Labute approximate surface area is 191 Å². The largest absolute Gasteiger partial charge is 0.435 e. The van der Waals surface area contributed by atoms with Crippen molar-refractivity contribution in [3.8, 4) is 5.75 Å². The maximum atomic E-state index is 12.8. The van der Waals surface area contributed by atoms with E-state index in [1.807, 2.05) is 34.6 Å². The number of aryl methyl sites for hydroxylation is 1. The van der Waals surface area contributed by atoms with Crippen LogP contribution in [-0.4, -0.2) is 23.6 Å². The fourth-order valence-corrected chi connectivity index (χ4v) is 4.31. The molecule has 0 aliphatic heterocycles. The van der Waals surface area contributed by atoms with E-state index in [1.54, 1.807) is 19.9 Å². The molecule has 0 atom stereocenters. The van der Waals surface area contributed by atoms with Gasteiger partial charge in [0, 0.05) is 10.6 Å². The van der Waals surface area contributed by atoms with Crippen molar-refractivity contribution in [2.75, 3.05) is 5.32 Å². The zero-order valence-electron chi connectivity index (χ0n) is 19.4. The first-order valence-electron chi connectivity index (χ1n) is 10.3. The lowest BCUT2D eigenvalue weighted by Gasteiger charge is -2.22. The molecule has 1 aromatic heterocycles. The van der Waals surface area contributed by atoms with Gasteiger partial charge < -0.3 is 15.2 Å². The number of alkyl halides is 2. The number of rotatable bonds is 7. The Morgan fingerprint density at radius 1 is 1.12 bits per heavy atom. The number of aliphatic hydroxyl groups is 1. The fraction of sp³-hybridized carbons (Fsp3) is 0.478. The van der Waals surface area contributed by atoms with Crippen LogP contribution in [0, 0.1) is 12.3 Å². The highest BCUT2D eigenvalue weighted by Crippen LogP contribution is 2.37. The quantitative estimate of drug-likeness (QED) is 0.285. The van der Waals surface area contributed by atoms with Gasteiger partial charge in [-0.05, 0) is 67.5 Å². The Bertz CT molecular complexity index is 966. The summed E-state index contributed by atoms with van der Waals surface area (Å²) in [6.45, 7) is 9.76. The minimum atomic E-state index is -2.94. The Morgan fingerprint density at radius 3 is 2.06 bits per heavy atom. The molecule has 1 heterocycles. The Kier molecular flexibility index (Phi) is 8.01. The highest BCUT2D eigenvalue weighted by Gasteiger charge is 2.23. The van der Waals surface area contributed by atoms with Crippen molar-refractivity contribution in [2.24, 2.45) is 0 Å². The molecule has 0 saturated heterocycles. The lowest BCUT2D eigenvalue weighted by atomic mass is 9.92. The maximum Gasteiger partial charge on any atom is 0.387 e. The number of ether oxygens (including phenoxy) is 1. The Balaban J connectivity index is 2.32. The van der Waals surface area contributed by atoms with Crippen LogP contribution >= 0.6 is 11.3 Å². The number of carbonyl (C=O) groups excluding carboxylic acids is 1. The molecule has 6 nitrogen and oxygen atoms in total. The van der Waals surface area contributed by atoms with Crippen molar-refractivity contribution in [3.05, 3.63) is 44.6 Å². The molecule has 0 unspecified atom stereocenters. The molecule has 0 fully saturated rings. The second-order valence-electron chi connectivity index (χ2n) is 8.80. The standard InChI is InChI=1S/C23H31F2N3O3S/c1-11(2)15-9-14(31-21(24)25)10-16(12(3)4)18(15)27-22(29)28-20(26)19-13(5)8-17(32-19)23(6,7)30/h8-12,21,30H,1-7H3,(H3,26,27,28,29). The summed E-state index contributed by atoms with van der Waals surface area (Å²) < 4.78 is 30.1. The van der Waals surface area contributed by atoms with Crippen molar-refractivity contribution in [3.63, 3.8) is 0 Å². The second-order valence-corrected chi connectivity index (χ2v) is 9.85. The van der Waals surface area contributed by atoms with Crippen molar-refractivity contribution in [1.82, 2.24) is 5.32 Å². The lowest BCUT2D eigenvalue weighted by molar-refractivity contribution is -0.0499. The van der Waals surface area contributed by atoms with Crippen LogP contribution in [0.25, 0.3) is 0 Å². The van der Waals surface area contributed by atoms with Gasteiger partial charge in [0.25, 0.3) is 0 Å². The van der Waals surface area contributed by atoms with Gasteiger partial charge in [0.2, 0.25) is 0 Å². The van der Waals surface area contributed by atoms with E-state index >= 15 is 0 Å². The van der Waals surface area contributed by atoms with Crippen LogP contribution in [0.1, 0.15) is 79.8 Å². The molecule has 0 aliphatic carbocycles. The summed E-state index contributed by atoms with van der Waals surface area (Å²) in [6, 6.07) is 4.19. The van der Waals surface area contributed by atoms with Gasteiger partial charge in [-0.3, -0.25) is 10.7 Å². The fourth-order valence-electron chi connectivity index (χ4n) is 3.23. The average molecular weight is 468 g/mol. The maximum absolute atomic E-state index is 12.8. The van der Waals surface area contributed by atoms with Crippen LogP contribution in [0.4, 0.5) is 19.3 Å². The van der Waals surface area contributed by atoms with Crippen molar-refractivity contribution in [1.29, 1.82) is 5.41 Å². The number of hydrogen-bond donors (Lipinski definition) is 4. The molecule has 0 spiro atoms. The van der Waals surface area contributed by atoms with Crippen molar-refractivity contribution in [2.45, 2.75) is 72.5 Å². The van der Waals surface area contributed by atoms with E-state index in [-0.39, 0.29) is 23.4 Å². The summed E-state index contributed by atoms with van der Waals surface area (Å²) in [5.74, 6) is -0.190. The summed E-state index contributed by atoms with van der Waals surface area (Å²) in [5.41, 5.74) is 1.56. The van der Waals surface area contributed by atoms with Gasteiger partial charge in [-0.1, -0.05) is 27.7 Å². The highest BCUT2D eigenvalue weighted by atomic mass is 32.1. The van der Waals surface area contributed by atoms with Crippen molar-refractivity contribution >= 4 is 28.9 Å². The number of anilines is 1. The van der Waals surface area contributed by atoms with Gasteiger partial charge in [0.15, 0.2) is 0 Å². The smallest absolute Gasteiger partial charge is 0.387 e. The predicted octanol–water partition coefficient (Wildman–Crippen LogP) is 6.28. The summed E-state index contributed by atoms with van der Waals surface area (Å²) >= 11 is 1.24. The van der Waals surface area contributed by atoms with Gasteiger partial charge in [0.05, 0.1) is 10.5 Å². The van der Waals surface area contributed by atoms with E-state index in [4.69, 9.17) is 5.41 Å². The molecule has 0 saturated carbocycles. The lowest BCUT2D eigenvalue weighted by Crippen LogP contribution is -2.35. The van der Waals surface area contributed by atoms with Crippen LogP contribution in [-0.2, 0) is 5.60 Å². The normalized spacial score (nSPS) is 11.9. The molecule has 4 N–H and O–H groups in total. The number of urea groups is 1. The molecule has 0 aliphatic rings. The molecule has 0 radical (unpaired) electrons. The zero-order chi connectivity index (χ0) is 24.4. The van der Waals surface area contributed by atoms with Gasteiger partial charge in [-0.25, -0.2) is 4.79 Å². The third-order valence-corrected chi connectivity index (χ3v) is 6.43. The monoisotopic (exact) mass is 467 g/mol. The number of amides is 2. The molecular weight excluding hydrogens is 436 g/mol. The first-order valence-corrected chi connectivity index (χ1v) is 11.1. The molecule has 2 rings (SSSR count). The van der Waals surface area contributed by atoms with Crippen LogP contribution < -0.4 is 15.4 Å². The van der Waals surface area contributed by atoms with Crippen LogP contribution in [0.5, 0.6) is 5.75 Å². The topological polar surface area (TPSA) is 94.4 Å². The molecule has 0 bridgehead atoms. The van der Waals surface area contributed by atoms with E-state index < -0.39 is 18.2 Å². The number of amidine groups is 1. The third-order valence-electron chi connectivity index (χ3n) is 4.87. The van der Waals surface area contributed by atoms with Crippen LogP contribution in [0.15, 0.2) is 18.2 Å². The number of nitrogens with one attached hydrogen (secondary N) is 3. The summed E-state index contributed by atoms with van der Waals surface area (Å²) in [5, 5.41) is 23.9. The van der Waals surface area contributed by atoms with Gasteiger partial charge in [-0.2, -0.15) is 8.78 Å². The molecule has 2 amide bonds. The van der Waals surface area contributed by atoms with E-state index in [0.717, 1.165) is 5.56 Å². The highest BCUT2D eigenvalue weighted by molar-refractivity contribution is 7.14. The van der Waals surface area contributed by atoms with Crippen molar-refractivity contribution < 1.29 is 23.4 Å².